The Morgan fingerprint density at radius 3 is 1.13 bits per heavy atom. The summed E-state index contributed by atoms with van der Waals surface area (Å²) in [4.78, 5) is 37.6. The monoisotopic (exact) mass is 749 g/mol. The lowest BCUT2D eigenvalue weighted by Crippen LogP contribution is -2.30. The van der Waals surface area contributed by atoms with Gasteiger partial charge in [-0.3, -0.25) is 14.4 Å². The molecule has 0 aromatic rings. The quantitative estimate of drug-likeness (QED) is 0.0275. The molecule has 0 amide bonds. The molecule has 0 bridgehead atoms. The summed E-state index contributed by atoms with van der Waals surface area (Å²) in [7, 11) is 0. The first-order chi connectivity index (χ1) is 26.5. The van der Waals surface area contributed by atoms with Crippen LogP contribution in [0.5, 0.6) is 0 Å². The summed E-state index contributed by atoms with van der Waals surface area (Å²) in [6.45, 7) is 6.23. The normalized spacial score (nSPS) is 13.0. The molecular formula is C48H76O6. The Balaban J connectivity index is 4.55. The van der Waals surface area contributed by atoms with Gasteiger partial charge in [0.15, 0.2) is 6.10 Å². The fraction of sp³-hybridized carbons (Fsp3) is 0.604. The second kappa shape index (κ2) is 42.1. The molecule has 0 heterocycles. The lowest BCUT2D eigenvalue weighted by atomic mass is 10.1. The van der Waals surface area contributed by atoms with Crippen LogP contribution < -0.4 is 0 Å². The molecule has 1 unspecified atom stereocenters. The third-order valence-corrected chi connectivity index (χ3v) is 8.52. The van der Waals surface area contributed by atoms with E-state index in [1.54, 1.807) is 0 Å². The molecule has 0 N–H and O–H groups in total. The fourth-order valence-electron chi connectivity index (χ4n) is 5.34. The van der Waals surface area contributed by atoms with Gasteiger partial charge in [0.05, 0.1) is 0 Å². The number of allylic oxidation sites excluding steroid dienone is 16. The van der Waals surface area contributed by atoms with Crippen molar-refractivity contribution < 1.29 is 28.6 Å². The van der Waals surface area contributed by atoms with E-state index >= 15 is 0 Å². The molecule has 0 saturated heterocycles. The highest BCUT2D eigenvalue weighted by Crippen LogP contribution is 2.13. The summed E-state index contributed by atoms with van der Waals surface area (Å²) >= 11 is 0. The Hall–Kier alpha value is -3.67. The van der Waals surface area contributed by atoms with E-state index in [0.717, 1.165) is 77.0 Å². The molecule has 6 nitrogen and oxygen atoms in total. The maximum absolute atomic E-state index is 12.7. The first-order valence-corrected chi connectivity index (χ1v) is 21.3. The zero-order chi connectivity index (χ0) is 39.4. The van der Waals surface area contributed by atoms with E-state index < -0.39 is 6.10 Å². The van der Waals surface area contributed by atoms with Gasteiger partial charge in [0, 0.05) is 19.3 Å². The second-order valence-electron chi connectivity index (χ2n) is 13.7. The van der Waals surface area contributed by atoms with Crippen LogP contribution in [0.1, 0.15) is 168 Å². The Labute approximate surface area is 330 Å². The highest BCUT2D eigenvalue weighted by atomic mass is 16.6. The number of esters is 3. The molecule has 0 aliphatic carbocycles. The maximum Gasteiger partial charge on any atom is 0.306 e. The van der Waals surface area contributed by atoms with Gasteiger partial charge in [-0.25, -0.2) is 0 Å². The Morgan fingerprint density at radius 1 is 0.389 bits per heavy atom. The summed E-state index contributed by atoms with van der Waals surface area (Å²) < 4.78 is 16.6. The number of carbonyl (C=O) groups is 3. The second-order valence-corrected chi connectivity index (χ2v) is 13.7. The average Bonchev–Trinajstić information content (AvgIpc) is 3.17. The minimum atomic E-state index is -0.810. The van der Waals surface area contributed by atoms with Gasteiger partial charge in [-0.2, -0.15) is 0 Å². The van der Waals surface area contributed by atoms with Crippen LogP contribution in [0.4, 0.5) is 0 Å². The molecule has 6 heteroatoms. The standard InChI is InChI=1S/C48H76O6/c1-4-7-10-13-16-19-22-24-26-29-32-35-38-41-47(50)53-44-45(43-52-46(49)40-37-34-31-28-21-18-15-12-9-6-3)54-48(51)42-39-36-33-30-27-25-23-20-17-14-11-8-5-2/h7-8,10-11,13-14,16-17,19-20,22-27,45H,4-6,9,12,15,18,21,28-44H2,1-3H3/b10-7-,11-8-,16-13-,17-14-,22-19-,23-20-,26-24-,27-25-. The number of ether oxygens (including phenoxy) is 3. The lowest BCUT2D eigenvalue weighted by Gasteiger charge is -2.18. The molecule has 0 spiro atoms. The molecule has 0 aromatic heterocycles. The van der Waals surface area contributed by atoms with Crippen LogP contribution in [0.25, 0.3) is 0 Å². The smallest absolute Gasteiger partial charge is 0.306 e. The van der Waals surface area contributed by atoms with Crippen LogP contribution >= 0.6 is 0 Å². The first kappa shape index (κ1) is 50.3. The molecule has 1 atom stereocenters. The van der Waals surface area contributed by atoms with Crippen molar-refractivity contribution in [2.24, 2.45) is 0 Å². The van der Waals surface area contributed by atoms with Crippen molar-refractivity contribution in [1.29, 1.82) is 0 Å². The molecule has 0 rings (SSSR count). The van der Waals surface area contributed by atoms with E-state index in [-0.39, 0.29) is 37.5 Å². The molecule has 0 aromatic carbocycles. The predicted molar refractivity (Wildman–Crippen MR) is 228 cm³/mol. The SMILES string of the molecule is CC\C=C/C=C\C=C/C=C\CCCCCC(=O)OCC(COC(=O)CCCCCCCCCCCC)OC(=O)CCCCC\C=C/C=C\C=C/C=C\CC. The molecule has 0 aliphatic rings. The fourth-order valence-corrected chi connectivity index (χ4v) is 5.34. The van der Waals surface area contributed by atoms with Crippen LogP contribution in [-0.4, -0.2) is 37.2 Å². The summed E-state index contributed by atoms with van der Waals surface area (Å²) in [5.74, 6) is -1.00. The number of unbranched alkanes of at least 4 members (excludes halogenated alkanes) is 15. The number of rotatable bonds is 36. The van der Waals surface area contributed by atoms with Crippen LogP contribution in [0.2, 0.25) is 0 Å². The van der Waals surface area contributed by atoms with Gasteiger partial charge in [0.2, 0.25) is 0 Å². The molecule has 0 radical (unpaired) electrons. The Morgan fingerprint density at radius 2 is 0.722 bits per heavy atom. The molecule has 0 aliphatic heterocycles. The lowest BCUT2D eigenvalue weighted by molar-refractivity contribution is -0.167. The van der Waals surface area contributed by atoms with Gasteiger partial charge in [-0.05, 0) is 57.8 Å². The van der Waals surface area contributed by atoms with Gasteiger partial charge in [-0.1, -0.05) is 189 Å². The molecule has 0 fully saturated rings. The number of hydrogen-bond acceptors (Lipinski definition) is 6. The average molecular weight is 749 g/mol. The summed E-state index contributed by atoms with van der Waals surface area (Å²) in [5, 5.41) is 0. The Kier molecular flexibility index (Phi) is 39.2. The van der Waals surface area contributed by atoms with Crippen LogP contribution in [0.3, 0.4) is 0 Å². The van der Waals surface area contributed by atoms with E-state index in [1.165, 1.54) is 44.9 Å². The van der Waals surface area contributed by atoms with Crippen molar-refractivity contribution in [3.63, 3.8) is 0 Å². The first-order valence-electron chi connectivity index (χ1n) is 21.3. The third kappa shape index (κ3) is 39.5. The van der Waals surface area contributed by atoms with Crippen LogP contribution in [0, 0.1) is 0 Å². The molecule has 54 heavy (non-hydrogen) atoms. The van der Waals surface area contributed by atoms with Gasteiger partial charge in [0.25, 0.3) is 0 Å². The van der Waals surface area contributed by atoms with E-state index in [4.69, 9.17) is 14.2 Å². The van der Waals surface area contributed by atoms with Gasteiger partial charge >= 0.3 is 17.9 Å². The van der Waals surface area contributed by atoms with E-state index in [9.17, 15) is 14.4 Å². The van der Waals surface area contributed by atoms with Crippen molar-refractivity contribution in [2.75, 3.05) is 13.2 Å². The highest BCUT2D eigenvalue weighted by molar-refractivity contribution is 5.71. The van der Waals surface area contributed by atoms with Crippen LogP contribution in [0.15, 0.2) is 97.2 Å². The molecule has 304 valence electrons. The third-order valence-electron chi connectivity index (χ3n) is 8.52. The van der Waals surface area contributed by atoms with Crippen LogP contribution in [-0.2, 0) is 28.6 Å². The molecule has 0 saturated carbocycles. The number of carbonyl (C=O) groups excluding carboxylic acids is 3. The van der Waals surface area contributed by atoms with Crippen molar-refractivity contribution in [1.82, 2.24) is 0 Å². The zero-order valence-electron chi connectivity index (χ0n) is 34.4. The van der Waals surface area contributed by atoms with Gasteiger partial charge in [0.1, 0.15) is 13.2 Å². The van der Waals surface area contributed by atoms with Gasteiger partial charge < -0.3 is 14.2 Å². The largest absolute Gasteiger partial charge is 0.462 e. The maximum atomic E-state index is 12.7. The highest BCUT2D eigenvalue weighted by Gasteiger charge is 2.19. The van der Waals surface area contributed by atoms with Crippen molar-refractivity contribution in [3.8, 4) is 0 Å². The van der Waals surface area contributed by atoms with Gasteiger partial charge in [-0.15, -0.1) is 0 Å². The number of hydrogen-bond donors (Lipinski definition) is 0. The van der Waals surface area contributed by atoms with Crippen molar-refractivity contribution in [2.45, 2.75) is 175 Å². The minimum absolute atomic E-state index is 0.107. The van der Waals surface area contributed by atoms with E-state index in [0.29, 0.717) is 19.3 Å². The minimum Gasteiger partial charge on any atom is -0.462 e. The molecular weight excluding hydrogens is 673 g/mol. The summed E-state index contributed by atoms with van der Waals surface area (Å²) in [6, 6.07) is 0. The Bertz CT molecular complexity index is 1140. The zero-order valence-corrected chi connectivity index (χ0v) is 34.4. The van der Waals surface area contributed by atoms with E-state index in [2.05, 4.69) is 45.1 Å². The van der Waals surface area contributed by atoms with E-state index in [1.807, 2.05) is 72.9 Å². The summed E-state index contributed by atoms with van der Waals surface area (Å²) in [5.41, 5.74) is 0. The summed E-state index contributed by atoms with van der Waals surface area (Å²) in [6.07, 6.45) is 53.9. The van der Waals surface area contributed by atoms with Crippen molar-refractivity contribution in [3.05, 3.63) is 97.2 Å². The predicted octanol–water partition coefficient (Wildman–Crippen LogP) is 13.5. The van der Waals surface area contributed by atoms with Crippen molar-refractivity contribution >= 4 is 17.9 Å². The topological polar surface area (TPSA) is 78.9 Å².